The zero-order valence-electron chi connectivity index (χ0n) is 18.3. The van der Waals surface area contributed by atoms with E-state index in [0.717, 1.165) is 5.75 Å². The van der Waals surface area contributed by atoms with Crippen molar-refractivity contribution < 1.29 is 14.6 Å². The number of aliphatic imine (C=N–C) groups is 1. The topological polar surface area (TPSA) is 96.7 Å². The second-order valence-corrected chi connectivity index (χ2v) is 9.22. The molecule has 2 aliphatic rings. The minimum absolute atomic E-state index is 0.00712. The van der Waals surface area contributed by atoms with E-state index in [-0.39, 0.29) is 25.4 Å². The molecule has 1 fully saturated rings. The summed E-state index contributed by atoms with van der Waals surface area (Å²) in [6, 6.07) is 10.0. The average molecular weight is 463 g/mol. The number of hydrogen-bond donors (Lipinski definition) is 2. The second kappa shape index (κ2) is 9.80. The summed E-state index contributed by atoms with van der Waals surface area (Å²) in [6.45, 7) is 0.703. The van der Waals surface area contributed by atoms with Crippen molar-refractivity contribution in [2.75, 3.05) is 25.1 Å². The maximum Gasteiger partial charge on any atom is 0.183 e. The van der Waals surface area contributed by atoms with Crippen LogP contribution in [-0.4, -0.2) is 46.3 Å². The summed E-state index contributed by atoms with van der Waals surface area (Å²) >= 11 is 1.42. The van der Waals surface area contributed by atoms with E-state index in [1.54, 1.807) is 12.3 Å². The Labute approximate surface area is 196 Å². The molecule has 0 radical (unpaired) electrons. The highest BCUT2D eigenvalue weighted by Gasteiger charge is 2.25. The van der Waals surface area contributed by atoms with Crippen LogP contribution in [0.4, 0.5) is 10.8 Å². The molecule has 3 heterocycles. The number of aromatic nitrogens is 2. The number of anilines is 1. The number of thiazole rings is 1. The number of nitrogens with zero attached hydrogens (tertiary/aromatic N) is 3. The Morgan fingerprint density at radius 1 is 1.15 bits per heavy atom. The van der Waals surface area contributed by atoms with Crippen LogP contribution in [0.2, 0.25) is 0 Å². The van der Waals surface area contributed by atoms with Gasteiger partial charge in [-0.25, -0.2) is 4.98 Å². The van der Waals surface area contributed by atoms with E-state index < -0.39 is 0 Å². The highest BCUT2D eigenvalue weighted by molar-refractivity contribution is 7.14. The van der Waals surface area contributed by atoms with Crippen molar-refractivity contribution in [3.8, 4) is 17.1 Å². The smallest absolute Gasteiger partial charge is 0.183 e. The average Bonchev–Trinajstić information content (AvgIpc) is 3.54. The van der Waals surface area contributed by atoms with Crippen LogP contribution in [0.1, 0.15) is 53.9 Å². The number of rotatable bonds is 8. The van der Waals surface area contributed by atoms with Crippen molar-refractivity contribution >= 4 is 33.7 Å². The standard InChI is InChI=1S/C25H26N4O3S/c30-12-11-27-25-29-21(15-33-25)24-23-20(9-10-26-24)22(31)13-18(28-23)14-32-19-7-5-17(6-8-19)16-3-1-2-4-16/h5-10,15-16,30H,1-4,11-14H2,(H,27,29). The van der Waals surface area contributed by atoms with E-state index in [2.05, 4.69) is 27.4 Å². The van der Waals surface area contributed by atoms with Gasteiger partial charge in [-0.1, -0.05) is 25.0 Å². The van der Waals surface area contributed by atoms with Crippen LogP contribution in [0.3, 0.4) is 0 Å². The molecule has 2 N–H and O–H groups in total. The minimum atomic E-state index is 0.00712. The number of benzene rings is 1. The maximum absolute atomic E-state index is 12.8. The number of fused-ring (bicyclic) bond motifs is 1. The molecule has 0 unspecified atom stereocenters. The van der Waals surface area contributed by atoms with Gasteiger partial charge in [0.15, 0.2) is 10.9 Å². The highest BCUT2D eigenvalue weighted by Crippen LogP contribution is 2.37. The first-order chi connectivity index (χ1) is 16.2. The summed E-state index contributed by atoms with van der Waals surface area (Å²) < 4.78 is 5.97. The third-order valence-corrected chi connectivity index (χ3v) is 6.91. The van der Waals surface area contributed by atoms with Gasteiger partial charge in [0.1, 0.15) is 29.4 Å². The van der Waals surface area contributed by atoms with Gasteiger partial charge in [-0.05, 0) is 42.5 Å². The highest BCUT2D eigenvalue weighted by atomic mass is 32.1. The fraction of sp³-hybridized carbons (Fsp3) is 0.360. The Morgan fingerprint density at radius 2 is 1.97 bits per heavy atom. The number of aliphatic hydroxyl groups excluding tert-OH is 1. The lowest BCUT2D eigenvalue weighted by molar-refractivity contribution is 0.0998. The van der Waals surface area contributed by atoms with Crippen molar-refractivity contribution in [2.45, 2.75) is 38.0 Å². The lowest BCUT2D eigenvalue weighted by Crippen LogP contribution is -2.20. The number of hydrogen-bond acceptors (Lipinski definition) is 8. The Balaban J connectivity index is 1.33. The normalized spacial score (nSPS) is 15.9. The molecule has 8 heteroatoms. The Kier molecular flexibility index (Phi) is 6.46. The van der Waals surface area contributed by atoms with Gasteiger partial charge in [0.25, 0.3) is 0 Å². The van der Waals surface area contributed by atoms with Crippen LogP contribution in [-0.2, 0) is 0 Å². The molecule has 1 aliphatic heterocycles. The van der Waals surface area contributed by atoms with E-state index in [1.807, 2.05) is 17.5 Å². The molecule has 1 saturated carbocycles. The van der Waals surface area contributed by atoms with Crippen LogP contribution >= 0.6 is 11.3 Å². The van der Waals surface area contributed by atoms with Crippen molar-refractivity contribution in [1.29, 1.82) is 0 Å². The largest absolute Gasteiger partial charge is 0.488 e. The van der Waals surface area contributed by atoms with Crippen molar-refractivity contribution in [3.05, 3.63) is 53.0 Å². The monoisotopic (exact) mass is 462 g/mol. The molecule has 0 bridgehead atoms. The first-order valence-corrected chi connectivity index (χ1v) is 12.2. The number of carbonyl (C=O) groups is 1. The predicted octanol–water partition coefficient (Wildman–Crippen LogP) is 5.00. The van der Waals surface area contributed by atoms with E-state index in [4.69, 9.17) is 14.8 Å². The number of ketones is 1. The SMILES string of the molecule is O=C1CC(COc2ccc(C3CCCC3)cc2)=Nc2c1ccnc2-c1csc(NCCO)n1. The molecule has 1 aromatic carbocycles. The lowest BCUT2D eigenvalue weighted by atomic mass is 9.98. The van der Waals surface area contributed by atoms with Crippen LogP contribution < -0.4 is 10.1 Å². The third-order valence-electron chi connectivity index (χ3n) is 6.11. The zero-order chi connectivity index (χ0) is 22.6. The number of carbonyl (C=O) groups excluding carboxylic acids is 1. The summed E-state index contributed by atoms with van der Waals surface area (Å²) in [6.07, 6.45) is 7.03. The molecular formula is C25H26N4O3S. The van der Waals surface area contributed by atoms with Gasteiger partial charge in [0.05, 0.1) is 18.7 Å². The quantitative estimate of drug-likeness (QED) is 0.489. The fourth-order valence-corrected chi connectivity index (χ4v) is 5.15. The lowest BCUT2D eigenvalue weighted by Gasteiger charge is -2.17. The van der Waals surface area contributed by atoms with Gasteiger partial charge >= 0.3 is 0 Å². The van der Waals surface area contributed by atoms with Gasteiger partial charge in [-0.2, -0.15) is 0 Å². The number of Topliss-reactive ketones (excluding diaryl/α,β-unsaturated/α-hetero) is 1. The first kappa shape index (κ1) is 21.7. The molecule has 5 rings (SSSR count). The van der Waals surface area contributed by atoms with E-state index >= 15 is 0 Å². The predicted molar refractivity (Wildman–Crippen MR) is 130 cm³/mol. The van der Waals surface area contributed by atoms with Crippen LogP contribution in [0.15, 0.2) is 46.9 Å². The molecule has 0 spiro atoms. The molecule has 0 atom stereocenters. The first-order valence-electron chi connectivity index (χ1n) is 11.3. The summed E-state index contributed by atoms with van der Waals surface area (Å²) in [5.41, 5.74) is 4.39. The van der Waals surface area contributed by atoms with Gasteiger partial charge < -0.3 is 15.2 Å². The van der Waals surface area contributed by atoms with Gasteiger partial charge in [0, 0.05) is 23.7 Å². The van der Waals surface area contributed by atoms with E-state index in [9.17, 15) is 4.79 Å². The Morgan fingerprint density at radius 3 is 2.76 bits per heavy atom. The molecule has 1 aliphatic carbocycles. The van der Waals surface area contributed by atoms with Crippen LogP contribution in [0.25, 0.3) is 11.4 Å². The molecule has 2 aromatic heterocycles. The molecule has 7 nitrogen and oxygen atoms in total. The Bertz CT molecular complexity index is 1170. The molecular weight excluding hydrogens is 436 g/mol. The molecule has 0 saturated heterocycles. The second-order valence-electron chi connectivity index (χ2n) is 8.36. The van der Waals surface area contributed by atoms with E-state index in [1.165, 1.54) is 42.6 Å². The van der Waals surface area contributed by atoms with Gasteiger partial charge in [-0.3, -0.25) is 14.8 Å². The summed E-state index contributed by atoms with van der Waals surface area (Å²) in [5, 5.41) is 14.6. The Hall–Kier alpha value is -3.10. The number of pyridine rings is 1. The van der Waals surface area contributed by atoms with Gasteiger partial charge in [0.2, 0.25) is 0 Å². The fourth-order valence-electron chi connectivity index (χ4n) is 4.43. The maximum atomic E-state index is 12.8. The van der Waals surface area contributed by atoms with E-state index in [0.29, 0.717) is 45.9 Å². The molecule has 33 heavy (non-hydrogen) atoms. The summed E-state index contributed by atoms with van der Waals surface area (Å²) in [4.78, 5) is 26.5. The summed E-state index contributed by atoms with van der Waals surface area (Å²) in [7, 11) is 0. The molecule has 170 valence electrons. The minimum Gasteiger partial charge on any atom is -0.488 e. The van der Waals surface area contributed by atoms with Gasteiger partial charge in [-0.15, -0.1) is 11.3 Å². The zero-order valence-corrected chi connectivity index (χ0v) is 19.1. The number of ether oxygens (including phenoxy) is 1. The third kappa shape index (κ3) is 4.82. The summed E-state index contributed by atoms with van der Waals surface area (Å²) in [5.74, 6) is 1.46. The number of nitrogens with one attached hydrogen (secondary N) is 1. The molecule has 0 amide bonds. The van der Waals surface area contributed by atoms with Crippen LogP contribution in [0, 0.1) is 0 Å². The number of aliphatic hydroxyl groups is 1. The van der Waals surface area contributed by atoms with Crippen molar-refractivity contribution in [2.24, 2.45) is 4.99 Å². The van der Waals surface area contributed by atoms with Crippen molar-refractivity contribution in [3.63, 3.8) is 0 Å². The van der Waals surface area contributed by atoms with Crippen LogP contribution in [0.5, 0.6) is 5.75 Å². The van der Waals surface area contributed by atoms with Crippen molar-refractivity contribution in [1.82, 2.24) is 9.97 Å². The molecule has 3 aromatic rings.